The summed E-state index contributed by atoms with van der Waals surface area (Å²) in [5.41, 5.74) is 4.21. The fraction of sp³-hybridized carbons (Fsp3) is 0.469. The Bertz CT molecular complexity index is 1390. The van der Waals surface area contributed by atoms with E-state index in [0.717, 1.165) is 80.2 Å². The number of hydrogen-bond acceptors (Lipinski definition) is 9. The fourth-order valence-corrected chi connectivity index (χ4v) is 5.69. The molecule has 1 fully saturated rings. The van der Waals surface area contributed by atoms with Crippen molar-refractivity contribution >= 4 is 29.5 Å². The number of nitrogens with zero attached hydrogens (tertiary/aromatic N) is 4. The molecule has 5 rings (SSSR count). The number of benzene rings is 1. The van der Waals surface area contributed by atoms with Crippen molar-refractivity contribution in [2.24, 2.45) is 5.92 Å². The number of carbonyl (C=O) groups excluding carboxylic acids is 1. The van der Waals surface area contributed by atoms with Gasteiger partial charge in [0.05, 0.1) is 0 Å². The minimum Gasteiger partial charge on any atom is -0.480 e. The van der Waals surface area contributed by atoms with Gasteiger partial charge < -0.3 is 30.7 Å². The highest BCUT2D eigenvalue weighted by atomic mass is 16.5. The Morgan fingerprint density at radius 2 is 1.91 bits per heavy atom. The predicted molar refractivity (Wildman–Crippen MR) is 165 cm³/mol. The minimum absolute atomic E-state index is 0.0519. The fourth-order valence-electron chi connectivity index (χ4n) is 5.69. The van der Waals surface area contributed by atoms with Crippen molar-refractivity contribution in [3.63, 3.8) is 0 Å². The third-order valence-electron chi connectivity index (χ3n) is 7.94. The Balaban J connectivity index is 1.23. The SMILES string of the molecule is CC(C)Cc1c(NCC(NC(=O)OCc2ccccc2)C(=O)O)ncnc1N1CCC(c2ccc3c(n2)NCCC3)CC1. The van der Waals surface area contributed by atoms with E-state index >= 15 is 0 Å². The van der Waals surface area contributed by atoms with Gasteiger partial charge in [-0.05, 0) is 55.2 Å². The molecule has 0 bridgehead atoms. The summed E-state index contributed by atoms with van der Waals surface area (Å²) in [6.07, 6.45) is 5.61. The lowest BCUT2D eigenvalue weighted by molar-refractivity contribution is -0.139. The lowest BCUT2D eigenvalue weighted by Crippen LogP contribution is -2.45. The molecule has 0 spiro atoms. The molecule has 1 atom stereocenters. The number of ether oxygens (including phenoxy) is 1. The number of carboxylic acid groups (broad SMARTS) is 1. The lowest BCUT2D eigenvalue weighted by Gasteiger charge is -2.34. The summed E-state index contributed by atoms with van der Waals surface area (Å²) in [5, 5.41) is 18.9. The maximum absolute atomic E-state index is 12.4. The Labute approximate surface area is 252 Å². The van der Waals surface area contributed by atoms with E-state index in [-0.39, 0.29) is 13.2 Å². The number of pyridine rings is 1. The zero-order valence-corrected chi connectivity index (χ0v) is 24.9. The van der Waals surface area contributed by atoms with Gasteiger partial charge in [-0.2, -0.15) is 0 Å². The first-order valence-electron chi connectivity index (χ1n) is 15.1. The van der Waals surface area contributed by atoms with Crippen molar-refractivity contribution < 1.29 is 19.4 Å². The van der Waals surface area contributed by atoms with Crippen LogP contribution >= 0.6 is 0 Å². The zero-order valence-electron chi connectivity index (χ0n) is 24.9. The van der Waals surface area contributed by atoms with E-state index < -0.39 is 18.1 Å². The number of aromatic nitrogens is 3. The molecule has 1 unspecified atom stereocenters. The molecule has 0 aliphatic carbocycles. The van der Waals surface area contributed by atoms with Gasteiger partial charge in [-0.1, -0.05) is 50.2 Å². The van der Waals surface area contributed by atoms with Crippen LogP contribution in [0.2, 0.25) is 0 Å². The Morgan fingerprint density at radius 1 is 1.12 bits per heavy atom. The van der Waals surface area contributed by atoms with E-state index in [4.69, 9.17) is 9.72 Å². The lowest BCUT2D eigenvalue weighted by atomic mass is 9.91. The third-order valence-corrected chi connectivity index (χ3v) is 7.94. The number of rotatable bonds is 11. The summed E-state index contributed by atoms with van der Waals surface area (Å²) in [6.45, 7) is 6.91. The summed E-state index contributed by atoms with van der Waals surface area (Å²) < 4.78 is 5.22. The average Bonchev–Trinajstić information content (AvgIpc) is 3.02. The first kappa shape index (κ1) is 30.1. The van der Waals surface area contributed by atoms with Crippen molar-refractivity contribution in [2.45, 2.75) is 64.5 Å². The second-order valence-electron chi connectivity index (χ2n) is 11.6. The maximum atomic E-state index is 12.4. The van der Waals surface area contributed by atoms with Crippen molar-refractivity contribution in [3.8, 4) is 0 Å². The largest absolute Gasteiger partial charge is 0.480 e. The van der Waals surface area contributed by atoms with Gasteiger partial charge in [0.25, 0.3) is 0 Å². The van der Waals surface area contributed by atoms with Crippen LogP contribution in [0.1, 0.15) is 61.4 Å². The van der Waals surface area contributed by atoms with Gasteiger partial charge in [-0.3, -0.25) is 0 Å². The minimum atomic E-state index is -1.21. The number of fused-ring (bicyclic) bond motifs is 1. The van der Waals surface area contributed by atoms with Crippen molar-refractivity contribution in [1.29, 1.82) is 0 Å². The molecule has 1 saturated heterocycles. The monoisotopic (exact) mass is 587 g/mol. The second-order valence-corrected chi connectivity index (χ2v) is 11.6. The quantitative estimate of drug-likeness (QED) is 0.251. The van der Waals surface area contributed by atoms with Crippen molar-refractivity contribution in [1.82, 2.24) is 20.3 Å². The zero-order chi connectivity index (χ0) is 30.2. The number of alkyl carbamates (subject to hydrolysis) is 1. The number of carbonyl (C=O) groups is 2. The Kier molecular flexibility index (Phi) is 9.91. The third kappa shape index (κ3) is 7.91. The number of aliphatic carboxylic acids is 1. The maximum Gasteiger partial charge on any atom is 0.408 e. The molecule has 43 heavy (non-hydrogen) atoms. The summed E-state index contributed by atoms with van der Waals surface area (Å²) in [7, 11) is 0. The summed E-state index contributed by atoms with van der Waals surface area (Å²) >= 11 is 0. The molecule has 2 aliphatic rings. The Hall–Kier alpha value is -4.41. The number of carboxylic acids is 1. The van der Waals surface area contributed by atoms with Crippen LogP contribution in [-0.2, 0) is 29.0 Å². The molecule has 0 saturated carbocycles. The van der Waals surface area contributed by atoms with Crippen LogP contribution in [0.4, 0.5) is 22.2 Å². The summed E-state index contributed by atoms with van der Waals surface area (Å²) in [6, 6.07) is 12.4. The normalized spacial score (nSPS) is 15.7. The molecule has 228 valence electrons. The van der Waals surface area contributed by atoms with Crippen LogP contribution < -0.4 is 20.9 Å². The van der Waals surface area contributed by atoms with E-state index in [1.165, 1.54) is 11.9 Å². The van der Waals surface area contributed by atoms with E-state index in [2.05, 4.69) is 56.8 Å². The molecule has 0 radical (unpaired) electrons. The smallest absolute Gasteiger partial charge is 0.408 e. The van der Waals surface area contributed by atoms with E-state index in [1.54, 1.807) is 0 Å². The van der Waals surface area contributed by atoms with Crippen LogP contribution in [0.3, 0.4) is 0 Å². The van der Waals surface area contributed by atoms with Gasteiger partial charge in [-0.25, -0.2) is 24.5 Å². The van der Waals surface area contributed by atoms with Crippen LogP contribution in [0.25, 0.3) is 0 Å². The number of nitrogens with one attached hydrogen (secondary N) is 3. The molecule has 1 amide bonds. The Morgan fingerprint density at radius 3 is 2.65 bits per heavy atom. The first-order chi connectivity index (χ1) is 20.9. The molecule has 11 heteroatoms. The molecule has 11 nitrogen and oxygen atoms in total. The highest BCUT2D eigenvalue weighted by molar-refractivity contribution is 5.80. The molecule has 4 N–H and O–H groups in total. The van der Waals surface area contributed by atoms with Gasteiger partial charge in [0, 0.05) is 43.4 Å². The van der Waals surface area contributed by atoms with Crippen LogP contribution in [0.15, 0.2) is 48.8 Å². The standard InChI is InChI=1S/C32H41N7O4/c1-21(2)17-25-29(34-18-27(31(40)41)38-32(42)43-19-22-7-4-3-5-8-22)35-20-36-30(25)39-15-12-23(13-16-39)26-11-10-24-9-6-14-33-28(24)37-26/h3-5,7-8,10-11,20-21,23,27H,6,9,12-19H2,1-2H3,(H,33,37)(H,38,42)(H,40,41)(H,34,35,36). The van der Waals surface area contributed by atoms with Gasteiger partial charge in [0.2, 0.25) is 0 Å². The summed E-state index contributed by atoms with van der Waals surface area (Å²) in [4.78, 5) is 40.7. The molecule has 1 aromatic carbocycles. The topological polar surface area (TPSA) is 142 Å². The first-order valence-corrected chi connectivity index (χ1v) is 15.1. The average molecular weight is 588 g/mol. The predicted octanol–water partition coefficient (Wildman–Crippen LogP) is 4.60. The molecular formula is C32H41N7O4. The van der Waals surface area contributed by atoms with E-state index in [9.17, 15) is 14.7 Å². The number of aryl methyl sites for hydroxylation is 1. The van der Waals surface area contributed by atoms with Gasteiger partial charge in [0.1, 0.15) is 36.4 Å². The highest BCUT2D eigenvalue weighted by Crippen LogP contribution is 2.34. The summed E-state index contributed by atoms with van der Waals surface area (Å²) in [5.74, 6) is 2.03. The molecule has 4 heterocycles. The highest BCUT2D eigenvalue weighted by Gasteiger charge is 2.27. The van der Waals surface area contributed by atoms with Crippen LogP contribution in [0, 0.1) is 5.92 Å². The number of piperidine rings is 1. The van der Waals surface area contributed by atoms with E-state index in [0.29, 0.717) is 17.7 Å². The van der Waals surface area contributed by atoms with Gasteiger partial charge in [0.15, 0.2) is 0 Å². The van der Waals surface area contributed by atoms with Crippen molar-refractivity contribution in [2.75, 3.05) is 41.7 Å². The van der Waals surface area contributed by atoms with Crippen LogP contribution in [0.5, 0.6) is 0 Å². The number of amides is 1. The molecule has 3 aromatic rings. The number of anilines is 3. The molecule has 2 aromatic heterocycles. The van der Waals surface area contributed by atoms with Gasteiger partial charge in [-0.15, -0.1) is 0 Å². The van der Waals surface area contributed by atoms with Crippen molar-refractivity contribution in [3.05, 3.63) is 71.2 Å². The molecule has 2 aliphatic heterocycles. The number of hydrogen-bond donors (Lipinski definition) is 4. The second kappa shape index (κ2) is 14.2. The molecular weight excluding hydrogens is 546 g/mol. The van der Waals surface area contributed by atoms with Crippen LogP contribution in [-0.4, -0.2) is 64.3 Å². The van der Waals surface area contributed by atoms with Gasteiger partial charge >= 0.3 is 12.1 Å². The van der Waals surface area contributed by atoms with E-state index in [1.807, 2.05) is 30.3 Å².